The molecule has 0 bridgehead atoms. The minimum absolute atomic E-state index is 0.0443. The first kappa shape index (κ1) is 18.3. The standard InChI is InChI=1S/C18H20N2O5/c1-2-3-12-24-18(22)14-7-9-15(10-8-14)19-16(21)13-25-17-6-4-5-11-20(17)23/h4-11H,2-3,12-13H2,1H3,(H,19,21). The van der Waals surface area contributed by atoms with Crippen molar-refractivity contribution < 1.29 is 23.8 Å². The number of pyridine rings is 1. The fraction of sp³-hybridized carbons (Fsp3) is 0.278. The first-order valence-corrected chi connectivity index (χ1v) is 7.98. The molecule has 7 nitrogen and oxygen atoms in total. The van der Waals surface area contributed by atoms with Crippen molar-refractivity contribution in [2.24, 2.45) is 0 Å². The summed E-state index contributed by atoms with van der Waals surface area (Å²) in [4.78, 5) is 23.6. The van der Waals surface area contributed by atoms with Gasteiger partial charge in [-0.2, -0.15) is 0 Å². The first-order valence-electron chi connectivity index (χ1n) is 7.98. The number of carbonyl (C=O) groups excluding carboxylic acids is 2. The van der Waals surface area contributed by atoms with Gasteiger partial charge in [-0.15, -0.1) is 4.73 Å². The van der Waals surface area contributed by atoms with Crippen LogP contribution in [0.15, 0.2) is 48.7 Å². The average molecular weight is 344 g/mol. The number of amides is 1. The molecule has 1 aromatic carbocycles. The van der Waals surface area contributed by atoms with Gasteiger partial charge in [0.25, 0.3) is 5.91 Å². The van der Waals surface area contributed by atoms with Crippen LogP contribution >= 0.6 is 0 Å². The SMILES string of the molecule is CCCCOC(=O)c1ccc(NC(=O)COc2cccc[n+]2[O-])cc1. The maximum absolute atomic E-state index is 11.9. The summed E-state index contributed by atoms with van der Waals surface area (Å²) in [5.41, 5.74) is 0.934. The smallest absolute Gasteiger partial charge is 0.379 e. The third-order valence-electron chi connectivity index (χ3n) is 3.28. The van der Waals surface area contributed by atoms with Crippen LogP contribution in [0.1, 0.15) is 30.1 Å². The molecule has 0 saturated carbocycles. The maximum Gasteiger partial charge on any atom is 0.379 e. The second-order valence-electron chi connectivity index (χ2n) is 5.27. The van der Waals surface area contributed by atoms with Gasteiger partial charge < -0.3 is 20.0 Å². The molecule has 1 aromatic heterocycles. The zero-order chi connectivity index (χ0) is 18.1. The van der Waals surface area contributed by atoms with E-state index in [1.807, 2.05) is 6.92 Å². The Bertz CT molecular complexity index is 716. The molecule has 0 saturated heterocycles. The van der Waals surface area contributed by atoms with E-state index >= 15 is 0 Å². The average Bonchev–Trinajstić information content (AvgIpc) is 2.62. The van der Waals surface area contributed by atoms with E-state index in [1.54, 1.807) is 36.4 Å². The van der Waals surface area contributed by atoms with Gasteiger partial charge in [-0.3, -0.25) is 4.79 Å². The Balaban J connectivity index is 1.83. The topological polar surface area (TPSA) is 91.6 Å². The van der Waals surface area contributed by atoms with Crippen LogP contribution in [0.4, 0.5) is 5.69 Å². The summed E-state index contributed by atoms with van der Waals surface area (Å²) in [5, 5.41) is 14.0. The van der Waals surface area contributed by atoms with E-state index in [0.717, 1.165) is 12.8 Å². The largest absolute Gasteiger partial charge is 0.616 e. The van der Waals surface area contributed by atoms with Gasteiger partial charge in [0.05, 0.1) is 18.2 Å². The summed E-state index contributed by atoms with van der Waals surface area (Å²) in [5.74, 6) is -0.760. The molecule has 1 heterocycles. The lowest BCUT2D eigenvalue weighted by Gasteiger charge is -2.08. The van der Waals surface area contributed by atoms with Gasteiger partial charge in [0, 0.05) is 11.8 Å². The molecule has 0 aliphatic carbocycles. The Kier molecular flexibility index (Phi) is 6.76. The zero-order valence-electron chi connectivity index (χ0n) is 13.9. The number of rotatable bonds is 8. The predicted octanol–water partition coefficient (Wildman–Crippen LogP) is 2.29. The van der Waals surface area contributed by atoms with Gasteiger partial charge in [0.15, 0.2) is 12.8 Å². The summed E-state index contributed by atoms with van der Waals surface area (Å²) < 4.78 is 10.8. The van der Waals surface area contributed by atoms with E-state index in [9.17, 15) is 14.8 Å². The van der Waals surface area contributed by atoms with Crippen LogP contribution in [-0.2, 0) is 9.53 Å². The molecule has 0 spiro atoms. The Hall–Kier alpha value is -3.09. The lowest BCUT2D eigenvalue weighted by atomic mass is 10.2. The van der Waals surface area contributed by atoms with E-state index in [0.29, 0.717) is 22.6 Å². The molecule has 0 atom stereocenters. The third-order valence-corrected chi connectivity index (χ3v) is 3.28. The summed E-state index contributed by atoms with van der Waals surface area (Å²) in [6.45, 7) is 2.11. The van der Waals surface area contributed by atoms with Crippen molar-refractivity contribution in [2.75, 3.05) is 18.5 Å². The fourth-order valence-electron chi connectivity index (χ4n) is 1.94. The molecular weight excluding hydrogens is 324 g/mol. The highest BCUT2D eigenvalue weighted by molar-refractivity contribution is 5.93. The van der Waals surface area contributed by atoms with Crippen LogP contribution in [0.3, 0.4) is 0 Å². The van der Waals surface area contributed by atoms with E-state index in [-0.39, 0.29) is 12.5 Å². The lowest BCUT2D eigenvalue weighted by molar-refractivity contribution is -0.612. The first-order chi connectivity index (χ1) is 12.1. The molecule has 7 heteroatoms. The number of carbonyl (C=O) groups is 2. The number of anilines is 1. The van der Waals surface area contributed by atoms with Crippen molar-refractivity contribution >= 4 is 17.6 Å². The Labute approximate surface area is 145 Å². The minimum atomic E-state index is -0.415. The van der Waals surface area contributed by atoms with Crippen LogP contribution in [0.2, 0.25) is 0 Å². The highest BCUT2D eigenvalue weighted by atomic mass is 16.6. The Morgan fingerprint density at radius 2 is 1.92 bits per heavy atom. The number of hydrogen-bond acceptors (Lipinski definition) is 5. The molecular formula is C18H20N2O5. The molecule has 25 heavy (non-hydrogen) atoms. The summed E-state index contributed by atoms with van der Waals surface area (Å²) in [6.07, 6.45) is 3.06. The lowest BCUT2D eigenvalue weighted by Crippen LogP contribution is -2.30. The third kappa shape index (κ3) is 5.80. The van der Waals surface area contributed by atoms with Gasteiger partial charge in [0.1, 0.15) is 0 Å². The minimum Gasteiger partial charge on any atom is -0.616 e. The molecule has 0 fully saturated rings. The number of nitrogens with one attached hydrogen (secondary N) is 1. The van der Waals surface area contributed by atoms with Crippen LogP contribution in [0.5, 0.6) is 5.88 Å². The number of aromatic nitrogens is 1. The van der Waals surface area contributed by atoms with Gasteiger partial charge in [0.2, 0.25) is 0 Å². The van der Waals surface area contributed by atoms with Gasteiger partial charge in [-0.05, 0) is 36.8 Å². The van der Waals surface area contributed by atoms with E-state index < -0.39 is 11.9 Å². The Morgan fingerprint density at radius 1 is 1.16 bits per heavy atom. The van der Waals surface area contributed by atoms with Gasteiger partial charge >= 0.3 is 11.8 Å². The van der Waals surface area contributed by atoms with Crippen LogP contribution in [0.25, 0.3) is 0 Å². The van der Waals surface area contributed by atoms with Crippen LogP contribution in [0, 0.1) is 5.21 Å². The van der Waals surface area contributed by atoms with Gasteiger partial charge in [-0.1, -0.05) is 13.3 Å². The van der Waals surface area contributed by atoms with Crippen molar-refractivity contribution in [1.29, 1.82) is 0 Å². The number of benzene rings is 1. The van der Waals surface area contributed by atoms with Crippen LogP contribution in [-0.4, -0.2) is 25.1 Å². The zero-order valence-corrected chi connectivity index (χ0v) is 13.9. The number of ether oxygens (including phenoxy) is 2. The number of unbranched alkanes of at least 4 members (excludes halogenated alkanes) is 1. The van der Waals surface area contributed by atoms with E-state index in [4.69, 9.17) is 9.47 Å². The number of hydrogen-bond donors (Lipinski definition) is 1. The highest BCUT2D eigenvalue weighted by Crippen LogP contribution is 2.11. The molecule has 2 rings (SSSR count). The molecule has 0 radical (unpaired) electrons. The monoisotopic (exact) mass is 344 g/mol. The van der Waals surface area contributed by atoms with E-state index in [2.05, 4.69) is 5.32 Å². The maximum atomic E-state index is 11.9. The molecule has 0 aliphatic heterocycles. The highest BCUT2D eigenvalue weighted by Gasteiger charge is 2.10. The molecule has 132 valence electrons. The molecule has 2 aromatic rings. The normalized spacial score (nSPS) is 10.1. The number of nitrogens with zero attached hydrogens (tertiary/aromatic N) is 1. The predicted molar refractivity (Wildman–Crippen MR) is 91.2 cm³/mol. The second kappa shape index (κ2) is 9.27. The summed E-state index contributed by atoms with van der Waals surface area (Å²) in [7, 11) is 0. The quantitative estimate of drug-likeness (QED) is 0.343. The van der Waals surface area contributed by atoms with Crippen molar-refractivity contribution in [1.82, 2.24) is 0 Å². The fourth-order valence-corrected chi connectivity index (χ4v) is 1.94. The van der Waals surface area contributed by atoms with Crippen molar-refractivity contribution in [3.05, 3.63) is 59.4 Å². The summed E-state index contributed by atoms with van der Waals surface area (Å²) >= 11 is 0. The van der Waals surface area contributed by atoms with Crippen molar-refractivity contribution in [2.45, 2.75) is 19.8 Å². The molecule has 0 unspecified atom stereocenters. The molecule has 0 aliphatic rings. The Morgan fingerprint density at radius 3 is 2.60 bits per heavy atom. The molecule has 1 N–H and O–H groups in total. The summed E-state index contributed by atoms with van der Waals surface area (Å²) in [6, 6.07) is 11.0. The second-order valence-corrected chi connectivity index (χ2v) is 5.27. The van der Waals surface area contributed by atoms with E-state index in [1.165, 1.54) is 12.3 Å². The van der Waals surface area contributed by atoms with Crippen molar-refractivity contribution in [3.63, 3.8) is 0 Å². The van der Waals surface area contributed by atoms with Crippen LogP contribution < -0.4 is 14.8 Å². The molecule has 1 amide bonds. The number of esters is 1. The van der Waals surface area contributed by atoms with Gasteiger partial charge in [-0.25, -0.2) is 4.79 Å². The van der Waals surface area contributed by atoms with Crippen molar-refractivity contribution in [3.8, 4) is 5.88 Å².